The van der Waals surface area contributed by atoms with Crippen molar-refractivity contribution in [3.63, 3.8) is 0 Å². The van der Waals surface area contributed by atoms with Crippen molar-refractivity contribution in [1.29, 1.82) is 0 Å². The minimum Gasteiger partial charge on any atom is -0.482 e. The number of anilines is 2. The van der Waals surface area contributed by atoms with Gasteiger partial charge in [-0.3, -0.25) is 18.7 Å². The first-order chi connectivity index (χ1) is 18.8. The van der Waals surface area contributed by atoms with Crippen LogP contribution in [0.1, 0.15) is 65.2 Å². The second-order valence-electron chi connectivity index (χ2n) is 9.37. The average molecular weight is 543 g/mol. The summed E-state index contributed by atoms with van der Waals surface area (Å²) in [4.78, 5) is 55.8. The van der Waals surface area contributed by atoms with E-state index >= 15 is 0 Å². The third-order valence-corrected chi connectivity index (χ3v) is 6.13. The van der Waals surface area contributed by atoms with Crippen LogP contribution in [0.5, 0.6) is 5.75 Å². The number of hydrogen-bond acceptors (Lipinski definition) is 7. The third-order valence-electron chi connectivity index (χ3n) is 6.13. The zero-order chi connectivity index (χ0) is 28.2. The maximum atomic E-state index is 12.8. The zero-order valence-corrected chi connectivity index (χ0v) is 22.6. The molecule has 0 aliphatic heterocycles. The summed E-state index contributed by atoms with van der Waals surface area (Å²) in [6, 6.07) is 6.58. The van der Waals surface area contributed by atoms with E-state index in [1.165, 1.54) is 4.57 Å². The molecule has 0 saturated heterocycles. The molecule has 0 saturated carbocycles. The Morgan fingerprint density at radius 3 is 2.33 bits per heavy atom. The van der Waals surface area contributed by atoms with Crippen molar-refractivity contribution in [2.24, 2.45) is 0 Å². The van der Waals surface area contributed by atoms with Gasteiger partial charge < -0.3 is 25.5 Å². The summed E-state index contributed by atoms with van der Waals surface area (Å²) in [6.45, 7) is 5.04. The Balaban J connectivity index is 1.36. The molecular weight excluding hydrogens is 504 g/mol. The second-order valence-corrected chi connectivity index (χ2v) is 9.37. The largest absolute Gasteiger partial charge is 0.482 e. The van der Waals surface area contributed by atoms with Crippen molar-refractivity contribution in [2.75, 3.05) is 23.8 Å². The molecule has 2 aromatic heterocycles. The smallest absolute Gasteiger partial charge is 0.341 e. The van der Waals surface area contributed by atoms with Crippen molar-refractivity contribution >= 4 is 34.7 Å². The molecule has 0 unspecified atom stereocenters. The van der Waals surface area contributed by atoms with E-state index in [1.54, 1.807) is 28.8 Å². The molecule has 0 fully saturated rings. The predicted octanol–water partition coefficient (Wildman–Crippen LogP) is 3.56. The molecule has 0 aliphatic rings. The summed E-state index contributed by atoms with van der Waals surface area (Å²) in [5.74, 6) is -0.204. The van der Waals surface area contributed by atoms with E-state index in [0.29, 0.717) is 61.0 Å². The van der Waals surface area contributed by atoms with Gasteiger partial charge in [-0.05, 0) is 49.9 Å². The van der Waals surface area contributed by atoms with Crippen LogP contribution in [0.4, 0.5) is 11.6 Å². The fraction of sp³-hybridized carbons (Fsp3) is 0.519. The SMILES string of the molecule is CCCn1c(=O)c2[nH]c(NCCCCCCCC(=O)Nc3ccc(OCC(=O)O)cc3)nc2n(CCC)c1=O. The van der Waals surface area contributed by atoms with Crippen LogP contribution in [0.15, 0.2) is 33.9 Å². The van der Waals surface area contributed by atoms with Crippen LogP contribution in [0, 0.1) is 0 Å². The number of rotatable bonds is 17. The lowest BCUT2D eigenvalue weighted by Gasteiger charge is -2.09. The lowest BCUT2D eigenvalue weighted by atomic mass is 10.1. The van der Waals surface area contributed by atoms with Crippen LogP contribution in [-0.4, -0.2) is 49.2 Å². The first-order valence-electron chi connectivity index (χ1n) is 13.6. The first-order valence-corrected chi connectivity index (χ1v) is 13.6. The lowest BCUT2D eigenvalue weighted by molar-refractivity contribution is -0.139. The number of carbonyl (C=O) groups excluding carboxylic acids is 1. The number of aromatic amines is 1. The molecule has 12 nitrogen and oxygen atoms in total. The molecule has 39 heavy (non-hydrogen) atoms. The van der Waals surface area contributed by atoms with Gasteiger partial charge >= 0.3 is 11.7 Å². The Morgan fingerprint density at radius 2 is 1.64 bits per heavy atom. The van der Waals surface area contributed by atoms with Crippen molar-refractivity contribution in [1.82, 2.24) is 19.1 Å². The number of ether oxygens (including phenoxy) is 1. The van der Waals surface area contributed by atoms with Crippen LogP contribution < -0.4 is 26.6 Å². The zero-order valence-electron chi connectivity index (χ0n) is 22.6. The Hall–Kier alpha value is -4.09. The summed E-state index contributed by atoms with van der Waals surface area (Å²) in [6.07, 6.45) is 6.46. The summed E-state index contributed by atoms with van der Waals surface area (Å²) >= 11 is 0. The summed E-state index contributed by atoms with van der Waals surface area (Å²) in [7, 11) is 0. The van der Waals surface area contributed by atoms with Crippen molar-refractivity contribution < 1.29 is 19.4 Å². The molecule has 3 aromatic rings. The summed E-state index contributed by atoms with van der Waals surface area (Å²) in [5, 5.41) is 14.7. The number of amides is 1. The van der Waals surface area contributed by atoms with Gasteiger partial charge in [0.2, 0.25) is 11.9 Å². The van der Waals surface area contributed by atoms with Crippen LogP contribution in [0.2, 0.25) is 0 Å². The van der Waals surface area contributed by atoms with Gasteiger partial charge in [0.25, 0.3) is 5.56 Å². The monoisotopic (exact) mass is 542 g/mol. The Morgan fingerprint density at radius 1 is 0.974 bits per heavy atom. The molecule has 2 heterocycles. The number of nitrogens with one attached hydrogen (secondary N) is 3. The molecule has 3 rings (SSSR count). The number of carboxylic acids is 1. The van der Waals surface area contributed by atoms with Gasteiger partial charge in [-0.2, -0.15) is 4.98 Å². The number of carbonyl (C=O) groups is 2. The van der Waals surface area contributed by atoms with Crippen LogP contribution in [-0.2, 0) is 22.7 Å². The fourth-order valence-corrected chi connectivity index (χ4v) is 4.25. The number of benzene rings is 1. The number of aromatic nitrogens is 4. The van der Waals surface area contributed by atoms with Gasteiger partial charge in [0, 0.05) is 31.7 Å². The number of fused-ring (bicyclic) bond motifs is 1. The van der Waals surface area contributed by atoms with Gasteiger partial charge in [-0.25, -0.2) is 9.59 Å². The van der Waals surface area contributed by atoms with Crippen LogP contribution in [0.25, 0.3) is 11.2 Å². The molecule has 0 radical (unpaired) electrons. The molecule has 0 spiro atoms. The van der Waals surface area contributed by atoms with E-state index < -0.39 is 12.6 Å². The van der Waals surface area contributed by atoms with Gasteiger partial charge in [-0.15, -0.1) is 0 Å². The van der Waals surface area contributed by atoms with Gasteiger partial charge in [0.15, 0.2) is 17.8 Å². The highest BCUT2D eigenvalue weighted by Gasteiger charge is 2.16. The highest BCUT2D eigenvalue weighted by molar-refractivity contribution is 5.90. The number of aliphatic carboxylic acids is 1. The predicted molar refractivity (Wildman–Crippen MR) is 150 cm³/mol. The molecular formula is C27H38N6O6. The molecule has 0 aliphatic carbocycles. The van der Waals surface area contributed by atoms with E-state index in [2.05, 4.69) is 20.6 Å². The third kappa shape index (κ3) is 8.45. The van der Waals surface area contributed by atoms with E-state index in [-0.39, 0.29) is 17.2 Å². The van der Waals surface area contributed by atoms with Crippen molar-refractivity contribution in [3.8, 4) is 5.75 Å². The standard InChI is InChI=1S/C27H38N6O6/c1-3-16-32-24-23(25(37)33(17-4-2)27(32)38)30-26(31-24)28-15-9-7-5-6-8-10-21(34)29-19-11-13-20(14-12-19)39-18-22(35)36/h11-14H,3-10,15-18H2,1-2H3,(H,29,34)(H,35,36)(H2,28,30,31). The number of unbranched alkanes of at least 4 members (excludes halogenated alkanes) is 4. The van der Waals surface area contributed by atoms with Crippen LogP contribution >= 0.6 is 0 Å². The molecule has 212 valence electrons. The molecule has 4 N–H and O–H groups in total. The van der Waals surface area contributed by atoms with Crippen molar-refractivity contribution in [3.05, 3.63) is 45.1 Å². The molecule has 12 heteroatoms. The van der Waals surface area contributed by atoms with E-state index in [1.807, 2.05) is 13.8 Å². The highest BCUT2D eigenvalue weighted by atomic mass is 16.5. The van der Waals surface area contributed by atoms with E-state index in [0.717, 1.165) is 38.5 Å². The topological polar surface area (TPSA) is 160 Å². The number of carboxylic acid groups (broad SMARTS) is 1. The quantitative estimate of drug-likeness (QED) is 0.188. The van der Waals surface area contributed by atoms with E-state index in [4.69, 9.17) is 9.84 Å². The molecule has 0 bridgehead atoms. The Kier molecular flexibility index (Phi) is 11.1. The first kappa shape index (κ1) is 29.5. The number of hydrogen-bond donors (Lipinski definition) is 4. The van der Waals surface area contributed by atoms with Crippen molar-refractivity contribution in [2.45, 2.75) is 78.3 Å². The van der Waals surface area contributed by atoms with Gasteiger partial charge in [-0.1, -0.05) is 33.1 Å². The minimum atomic E-state index is -1.05. The Bertz CT molecular complexity index is 1360. The molecule has 1 amide bonds. The number of H-pyrrole nitrogens is 1. The number of aryl methyl sites for hydroxylation is 1. The normalized spacial score (nSPS) is 11.0. The second kappa shape index (κ2) is 14.7. The summed E-state index contributed by atoms with van der Waals surface area (Å²) in [5.41, 5.74) is 0.719. The summed E-state index contributed by atoms with van der Waals surface area (Å²) < 4.78 is 7.91. The number of imidazole rings is 1. The van der Waals surface area contributed by atoms with Crippen LogP contribution in [0.3, 0.4) is 0 Å². The molecule has 1 aromatic carbocycles. The number of nitrogens with zero attached hydrogens (tertiary/aromatic N) is 3. The lowest BCUT2D eigenvalue weighted by Crippen LogP contribution is -2.40. The average Bonchev–Trinajstić information content (AvgIpc) is 3.34. The highest BCUT2D eigenvalue weighted by Crippen LogP contribution is 2.16. The van der Waals surface area contributed by atoms with Gasteiger partial charge in [0.1, 0.15) is 5.75 Å². The Labute approximate surface area is 226 Å². The molecule has 0 atom stereocenters. The fourth-order valence-electron chi connectivity index (χ4n) is 4.25. The van der Waals surface area contributed by atoms with Gasteiger partial charge in [0.05, 0.1) is 0 Å². The minimum absolute atomic E-state index is 0.0692. The maximum Gasteiger partial charge on any atom is 0.341 e. The maximum absolute atomic E-state index is 12.8. The van der Waals surface area contributed by atoms with E-state index in [9.17, 15) is 19.2 Å².